The van der Waals surface area contributed by atoms with Crippen LogP contribution in [0.3, 0.4) is 0 Å². The lowest BCUT2D eigenvalue weighted by molar-refractivity contribution is -0.142. The first-order chi connectivity index (χ1) is 42.4. The molecule has 0 fully saturated rings. The number of benzene rings is 10. The van der Waals surface area contributed by atoms with Crippen molar-refractivity contribution in [2.45, 2.75) is 12.4 Å². The van der Waals surface area contributed by atoms with Gasteiger partial charge < -0.3 is 9.13 Å². The molecule has 0 amide bonds. The minimum Gasteiger partial charge on any atom is -0.308 e. The van der Waals surface area contributed by atoms with E-state index in [0.717, 1.165) is 6.07 Å². The second-order valence-electron chi connectivity index (χ2n) is 20.4. The first-order valence-electron chi connectivity index (χ1n) is 26.3. The van der Waals surface area contributed by atoms with Crippen LogP contribution in [0.25, 0.3) is 111 Å². The van der Waals surface area contributed by atoms with Crippen LogP contribution in [-0.2, 0) is 12.4 Å². The summed E-state index contributed by atoms with van der Waals surface area (Å²) in [6, 6.07) is 61.9. The lowest BCUT2D eigenvalue weighted by atomic mass is 9.94. The summed E-state index contributed by atoms with van der Waals surface area (Å²) in [4.78, 5) is 0. The van der Waals surface area contributed by atoms with E-state index >= 15 is 13.2 Å². The molecule has 0 saturated carbocycles. The van der Waals surface area contributed by atoms with Crippen molar-refractivity contribution in [3.05, 3.63) is 237 Å². The molecule has 0 atom stereocenters. The quantitative estimate of drug-likeness (QED) is 0.138. The predicted octanol–water partition coefficient (Wildman–Crippen LogP) is 17.1. The number of aromatic nitrogens is 2. The molecule has 12 aromatic rings. The molecular formula is C71H29F6N11. The van der Waals surface area contributed by atoms with Crippen LogP contribution in [0.4, 0.5) is 26.3 Å². The van der Waals surface area contributed by atoms with Gasteiger partial charge in [-0.15, -0.1) is 0 Å². The topological polar surface area (TPSA) is 224 Å². The SMILES string of the molecule is N#Cc1cc(C#N)cc(-c2ccc3c(c2)c2cc(-c4cc(C#N)cc(C#N)c4)ccc2n3-c2cc(-c3ccc(C(F)(F)F)cc3C(F)(F)F)cc(-n3c4ccc(-c5cc(C#N)cc(C#N)c5)cc4c4cc(-c5cc(C#N)cc(C#N)c5)ccc43)c2C#N)c1. The van der Waals surface area contributed by atoms with Crippen LogP contribution >= 0.6 is 0 Å². The number of halogens is 6. The van der Waals surface area contributed by atoms with Crippen molar-refractivity contribution in [2.75, 3.05) is 0 Å². The molecule has 0 aliphatic heterocycles. The van der Waals surface area contributed by atoms with Gasteiger partial charge in [-0.05, 0) is 201 Å². The fraction of sp³-hybridized carbons (Fsp3) is 0.0282. The van der Waals surface area contributed by atoms with Crippen LogP contribution in [0.5, 0.6) is 0 Å². The Morgan fingerprint density at radius 3 is 0.784 bits per heavy atom. The maximum absolute atomic E-state index is 15.5. The fourth-order valence-corrected chi connectivity index (χ4v) is 11.4. The van der Waals surface area contributed by atoms with E-state index in [1.165, 1.54) is 36.4 Å². The van der Waals surface area contributed by atoms with Gasteiger partial charge in [0.25, 0.3) is 0 Å². The molecule has 88 heavy (non-hydrogen) atoms. The lowest BCUT2D eigenvalue weighted by Crippen LogP contribution is -2.12. The van der Waals surface area contributed by atoms with Crippen molar-refractivity contribution in [3.8, 4) is 122 Å². The van der Waals surface area contributed by atoms with Crippen LogP contribution in [0.15, 0.2) is 176 Å². The standard InChI is InChI=1S/C71H29F6N11/c72-70(73,74)56-5-6-57(63(29-56)71(75,76)77)55-27-68(87-64-7-1-47(51-15-39(30-78)11-40(16-51)31-79)23-58(64)59-24-48(2-8-65(59)87)52-17-41(32-80)12-42(18-52)33-81)62(38-86)69(28-55)88-66-9-3-49(53-19-43(34-82)13-44(20-53)35-83)25-60(66)61-26-50(4-10-67(61)88)54-21-45(36-84)14-46(22-54)37-85/h1-29H. The first-order valence-corrected chi connectivity index (χ1v) is 26.3. The maximum Gasteiger partial charge on any atom is 0.417 e. The summed E-state index contributed by atoms with van der Waals surface area (Å²) < 4.78 is 93.2. The molecule has 2 heterocycles. The third kappa shape index (κ3) is 9.59. The number of alkyl halides is 6. The maximum atomic E-state index is 15.5. The van der Waals surface area contributed by atoms with Crippen molar-refractivity contribution in [1.82, 2.24) is 9.13 Å². The molecule has 410 valence electrons. The van der Waals surface area contributed by atoms with Gasteiger partial charge in [-0.25, -0.2) is 0 Å². The number of nitrogens with zero attached hydrogens (tertiary/aromatic N) is 11. The zero-order valence-electron chi connectivity index (χ0n) is 44.9. The first kappa shape index (κ1) is 55.3. The number of nitriles is 9. The van der Waals surface area contributed by atoms with E-state index in [1.54, 1.807) is 130 Å². The van der Waals surface area contributed by atoms with Crippen LogP contribution in [0.2, 0.25) is 0 Å². The molecule has 10 aromatic carbocycles. The summed E-state index contributed by atoms with van der Waals surface area (Å²) in [5.41, 5.74) is 2.64. The third-order valence-corrected chi connectivity index (χ3v) is 15.3. The second-order valence-corrected chi connectivity index (χ2v) is 20.4. The van der Waals surface area contributed by atoms with Gasteiger partial charge in [0.15, 0.2) is 0 Å². The monoisotopic (exact) mass is 1150 g/mol. The van der Waals surface area contributed by atoms with Gasteiger partial charge in [0, 0.05) is 21.5 Å². The van der Waals surface area contributed by atoms with Gasteiger partial charge >= 0.3 is 12.4 Å². The summed E-state index contributed by atoms with van der Waals surface area (Å²) in [6.07, 6.45) is -10.5. The van der Waals surface area contributed by atoms with Crippen molar-refractivity contribution in [3.63, 3.8) is 0 Å². The molecule has 17 heteroatoms. The second kappa shape index (κ2) is 21.2. The highest BCUT2D eigenvalue weighted by atomic mass is 19.4. The molecule has 0 aliphatic carbocycles. The Labute approximate surface area is 495 Å². The Hall–Kier alpha value is -13.2. The smallest absolute Gasteiger partial charge is 0.308 e. The highest BCUT2D eigenvalue weighted by Crippen LogP contribution is 2.47. The molecule has 0 aliphatic rings. The number of hydrogen-bond donors (Lipinski definition) is 0. The fourth-order valence-electron chi connectivity index (χ4n) is 11.4. The number of hydrogen-bond acceptors (Lipinski definition) is 9. The van der Waals surface area contributed by atoms with Crippen LogP contribution in [0, 0.1) is 102 Å². The molecule has 11 nitrogen and oxygen atoms in total. The van der Waals surface area contributed by atoms with Crippen LogP contribution < -0.4 is 0 Å². The molecule has 0 radical (unpaired) electrons. The van der Waals surface area contributed by atoms with E-state index in [9.17, 15) is 60.5 Å². The highest BCUT2D eigenvalue weighted by molar-refractivity contribution is 6.14. The Bertz CT molecular complexity index is 4810. The van der Waals surface area contributed by atoms with E-state index in [-0.39, 0.29) is 73.1 Å². The van der Waals surface area contributed by atoms with Crippen molar-refractivity contribution in [2.24, 2.45) is 0 Å². The van der Waals surface area contributed by atoms with Gasteiger partial charge in [-0.3, -0.25) is 0 Å². The zero-order chi connectivity index (χ0) is 61.9. The van der Waals surface area contributed by atoms with Gasteiger partial charge in [-0.2, -0.15) is 73.7 Å². The van der Waals surface area contributed by atoms with Crippen molar-refractivity contribution >= 4 is 43.6 Å². The van der Waals surface area contributed by atoms with Crippen LogP contribution in [0.1, 0.15) is 61.2 Å². The van der Waals surface area contributed by atoms with Gasteiger partial charge in [-0.1, -0.05) is 30.3 Å². The average molecular weight is 1150 g/mol. The molecule has 2 aromatic heterocycles. The lowest BCUT2D eigenvalue weighted by Gasteiger charge is -2.21. The Kier molecular flexibility index (Phi) is 13.3. The normalized spacial score (nSPS) is 11.2. The van der Waals surface area contributed by atoms with E-state index in [1.807, 2.05) is 0 Å². The Morgan fingerprint density at radius 1 is 0.261 bits per heavy atom. The van der Waals surface area contributed by atoms with E-state index in [4.69, 9.17) is 0 Å². The number of fused-ring (bicyclic) bond motifs is 6. The van der Waals surface area contributed by atoms with Crippen LogP contribution in [-0.4, -0.2) is 9.13 Å². The van der Waals surface area contributed by atoms with Gasteiger partial charge in [0.05, 0.1) is 138 Å². The molecule has 0 bridgehead atoms. The van der Waals surface area contributed by atoms with E-state index in [0.29, 0.717) is 94.2 Å². The molecule has 0 spiro atoms. The number of rotatable bonds is 7. The molecule has 0 saturated heterocycles. The molecule has 0 unspecified atom stereocenters. The summed E-state index contributed by atoms with van der Waals surface area (Å²) in [5.74, 6) is 0. The largest absolute Gasteiger partial charge is 0.417 e. The predicted molar refractivity (Wildman–Crippen MR) is 315 cm³/mol. The van der Waals surface area contributed by atoms with Gasteiger partial charge in [0.1, 0.15) is 11.6 Å². The molecular weight excluding hydrogens is 1120 g/mol. The average Bonchev–Trinajstić information content (AvgIpc) is 1.57. The molecule has 12 rings (SSSR count). The minimum absolute atomic E-state index is 0.0297. The summed E-state index contributed by atoms with van der Waals surface area (Å²) in [6.45, 7) is 0. The highest BCUT2D eigenvalue weighted by Gasteiger charge is 2.39. The Morgan fingerprint density at radius 2 is 0.545 bits per heavy atom. The van der Waals surface area contributed by atoms with Crippen molar-refractivity contribution < 1.29 is 26.3 Å². The third-order valence-electron chi connectivity index (χ3n) is 15.3. The van der Waals surface area contributed by atoms with E-state index < -0.39 is 29.0 Å². The molecule has 0 N–H and O–H groups in total. The zero-order valence-corrected chi connectivity index (χ0v) is 44.9. The minimum atomic E-state index is -5.37. The summed E-state index contributed by atoms with van der Waals surface area (Å²) in [5, 5.41) is 93.5. The summed E-state index contributed by atoms with van der Waals surface area (Å²) >= 11 is 0. The summed E-state index contributed by atoms with van der Waals surface area (Å²) in [7, 11) is 0. The van der Waals surface area contributed by atoms with E-state index in [2.05, 4.69) is 54.6 Å². The Balaban J connectivity index is 1.23. The van der Waals surface area contributed by atoms with Crippen molar-refractivity contribution in [1.29, 1.82) is 47.4 Å². The van der Waals surface area contributed by atoms with Gasteiger partial charge in [0.2, 0.25) is 0 Å².